The Morgan fingerprint density at radius 2 is 2.00 bits per heavy atom. The summed E-state index contributed by atoms with van der Waals surface area (Å²) in [5, 5.41) is 10.1. The van der Waals surface area contributed by atoms with Gasteiger partial charge in [0.25, 0.3) is 0 Å². The summed E-state index contributed by atoms with van der Waals surface area (Å²) in [6.07, 6.45) is 5.60. The molecule has 0 radical (unpaired) electrons. The summed E-state index contributed by atoms with van der Waals surface area (Å²) < 4.78 is 5.80. The van der Waals surface area contributed by atoms with Crippen molar-refractivity contribution >= 4 is 6.08 Å². The maximum Gasteiger partial charge on any atom is 0.0790 e. The number of hydrogen-bond acceptors (Lipinski definition) is 2. The molecule has 3 atom stereocenters. The van der Waals surface area contributed by atoms with Crippen LogP contribution in [0.25, 0.3) is 6.08 Å². The van der Waals surface area contributed by atoms with Crippen LogP contribution in [0.15, 0.2) is 36.4 Å². The molecule has 2 heteroatoms. The number of hydrogen-bond donors (Lipinski definition) is 1. The molecule has 1 aliphatic heterocycles. The Balaban J connectivity index is 2.01. The van der Waals surface area contributed by atoms with Gasteiger partial charge in [-0.2, -0.15) is 0 Å². The minimum absolute atomic E-state index is 0.00829. The van der Waals surface area contributed by atoms with Gasteiger partial charge in [0.05, 0.1) is 17.8 Å². The van der Waals surface area contributed by atoms with Gasteiger partial charge in [-0.3, -0.25) is 0 Å². The lowest BCUT2D eigenvalue weighted by Gasteiger charge is -2.36. The Kier molecular flexibility index (Phi) is 3.65. The van der Waals surface area contributed by atoms with Crippen LogP contribution in [0.3, 0.4) is 0 Å². The van der Waals surface area contributed by atoms with Gasteiger partial charge in [-0.05, 0) is 19.4 Å². The molecule has 2 rings (SSSR count). The van der Waals surface area contributed by atoms with Crippen molar-refractivity contribution in [2.75, 3.05) is 0 Å². The summed E-state index contributed by atoms with van der Waals surface area (Å²) in [5.41, 5.74) is 0.553. The van der Waals surface area contributed by atoms with E-state index in [4.69, 9.17) is 4.74 Å². The number of rotatable bonds is 2. The van der Waals surface area contributed by atoms with E-state index in [0.29, 0.717) is 12.8 Å². The summed E-state index contributed by atoms with van der Waals surface area (Å²) in [4.78, 5) is 0. The van der Waals surface area contributed by atoms with Gasteiger partial charge in [-0.15, -0.1) is 0 Å². The summed E-state index contributed by atoms with van der Waals surface area (Å²) in [5.74, 6) is 0. The minimum Gasteiger partial charge on any atom is -0.390 e. The molecule has 1 saturated heterocycles. The van der Waals surface area contributed by atoms with Crippen LogP contribution in [0.2, 0.25) is 0 Å². The first-order valence-electron chi connectivity index (χ1n) is 6.16. The van der Waals surface area contributed by atoms with Crippen molar-refractivity contribution in [1.82, 2.24) is 0 Å². The van der Waals surface area contributed by atoms with E-state index in [9.17, 15) is 5.11 Å². The maximum absolute atomic E-state index is 10.1. The summed E-state index contributed by atoms with van der Waals surface area (Å²) >= 11 is 0. The van der Waals surface area contributed by atoms with E-state index >= 15 is 0 Å². The lowest BCUT2D eigenvalue weighted by atomic mass is 9.89. The van der Waals surface area contributed by atoms with E-state index in [1.165, 1.54) is 0 Å². The van der Waals surface area contributed by atoms with Gasteiger partial charge < -0.3 is 9.84 Å². The van der Waals surface area contributed by atoms with Gasteiger partial charge in [0, 0.05) is 12.8 Å². The third-order valence-electron chi connectivity index (χ3n) is 3.08. The van der Waals surface area contributed by atoms with Crippen LogP contribution >= 0.6 is 0 Å². The van der Waals surface area contributed by atoms with Crippen LogP contribution in [0.5, 0.6) is 0 Å². The molecule has 1 aromatic carbocycles. The largest absolute Gasteiger partial charge is 0.390 e. The maximum atomic E-state index is 10.1. The summed E-state index contributed by atoms with van der Waals surface area (Å²) in [6.45, 7) is 3.90. The second-order valence-electron chi connectivity index (χ2n) is 5.16. The normalized spacial score (nSPS) is 34.1. The number of aliphatic hydroxyl groups is 1. The lowest BCUT2D eigenvalue weighted by molar-refractivity contribution is -0.113. The van der Waals surface area contributed by atoms with Gasteiger partial charge >= 0.3 is 0 Å². The van der Waals surface area contributed by atoms with Crippen molar-refractivity contribution in [3.8, 4) is 0 Å². The van der Waals surface area contributed by atoms with Crippen molar-refractivity contribution in [2.24, 2.45) is 0 Å². The van der Waals surface area contributed by atoms with Crippen LogP contribution in [0.1, 0.15) is 32.3 Å². The van der Waals surface area contributed by atoms with E-state index in [0.717, 1.165) is 5.56 Å². The molecule has 0 aromatic heterocycles. The minimum atomic E-state index is -0.608. The van der Waals surface area contributed by atoms with Crippen molar-refractivity contribution in [3.05, 3.63) is 42.0 Å². The third-order valence-corrected chi connectivity index (χ3v) is 3.08. The van der Waals surface area contributed by atoms with Gasteiger partial charge in [0.1, 0.15) is 0 Å². The molecule has 1 aliphatic rings. The quantitative estimate of drug-likeness (QED) is 0.849. The predicted octanol–water partition coefficient (Wildman–Crippen LogP) is 3.02. The molecule has 2 nitrogen and oxygen atoms in total. The molecule has 0 unspecified atom stereocenters. The zero-order valence-corrected chi connectivity index (χ0v) is 10.5. The first-order chi connectivity index (χ1) is 8.05. The topological polar surface area (TPSA) is 29.5 Å². The van der Waals surface area contributed by atoms with E-state index < -0.39 is 5.60 Å². The second kappa shape index (κ2) is 5.03. The monoisotopic (exact) mass is 232 g/mol. The van der Waals surface area contributed by atoms with E-state index in [-0.39, 0.29) is 12.2 Å². The zero-order chi connectivity index (χ0) is 12.3. The highest BCUT2D eigenvalue weighted by Crippen LogP contribution is 2.29. The molecule has 1 fully saturated rings. The zero-order valence-electron chi connectivity index (χ0n) is 10.5. The first kappa shape index (κ1) is 12.3. The summed E-state index contributed by atoms with van der Waals surface area (Å²) in [6, 6.07) is 10.1. The van der Waals surface area contributed by atoms with Crippen LogP contribution in [-0.4, -0.2) is 22.9 Å². The smallest absolute Gasteiger partial charge is 0.0790 e. The van der Waals surface area contributed by atoms with E-state index in [2.05, 4.69) is 18.2 Å². The van der Waals surface area contributed by atoms with Crippen molar-refractivity contribution in [1.29, 1.82) is 0 Å². The molecule has 1 aromatic rings. The molecule has 1 heterocycles. The Hall–Kier alpha value is -1.12. The Bertz CT molecular complexity index is 381. The standard InChI is InChI=1S/C15H20O2/c1-12-10-15(2,16)11-14(17-12)9-8-13-6-4-3-5-7-13/h3-9,12,14,16H,10-11H2,1-2H3/b9-8+/t12-,14+,15+/m1/s1. The number of ether oxygens (including phenoxy) is 1. The second-order valence-corrected chi connectivity index (χ2v) is 5.16. The Morgan fingerprint density at radius 1 is 1.29 bits per heavy atom. The molecule has 17 heavy (non-hydrogen) atoms. The fourth-order valence-electron chi connectivity index (χ4n) is 2.43. The highest BCUT2D eigenvalue weighted by atomic mass is 16.5. The van der Waals surface area contributed by atoms with Gasteiger partial charge in [-0.25, -0.2) is 0 Å². The average molecular weight is 232 g/mol. The molecule has 92 valence electrons. The molecule has 1 N–H and O–H groups in total. The van der Waals surface area contributed by atoms with Gasteiger partial charge in [0.15, 0.2) is 0 Å². The average Bonchev–Trinajstić information content (AvgIpc) is 2.25. The van der Waals surface area contributed by atoms with Gasteiger partial charge in [0.2, 0.25) is 0 Å². The third kappa shape index (κ3) is 3.69. The highest BCUT2D eigenvalue weighted by Gasteiger charge is 2.33. The molecule has 0 amide bonds. The predicted molar refractivity (Wildman–Crippen MR) is 69.7 cm³/mol. The molecule has 0 spiro atoms. The molecule has 0 aliphatic carbocycles. The lowest BCUT2D eigenvalue weighted by Crippen LogP contribution is -2.41. The van der Waals surface area contributed by atoms with Crippen LogP contribution < -0.4 is 0 Å². The first-order valence-corrected chi connectivity index (χ1v) is 6.16. The van der Waals surface area contributed by atoms with Crippen LogP contribution in [0.4, 0.5) is 0 Å². The number of benzene rings is 1. The van der Waals surface area contributed by atoms with Crippen molar-refractivity contribution in [2.45, 2.75) is 44.5 Å². The SMILES string of the molecule is C[C@@H]1C[C@](C)(O)C[C@H](/C=C/c2ccccc2)O1. The molecular formula is C15H20O2. The molecule has 0 saturated carbocycles. The van der Waals surface area contributed by atoms with Crippen molar-refractivity contribution in [3.63, 3.8) is 0 Å². The molecule has 0 bridgehead atoms. The Morgan fingerprint density at radius 3 is 2.65 bits per heavy atom. The Labute approximate surface area is 103 Å². The summed E-state index contributed by atoms with van der Waals surface area (Å²) in [7, 11) is 0. The van der Waals surface area contributed by atoms with E-state index in [1.807, 2.05) is 38.1 Å². The van der Waals surface area contributed by atoms with Crippen molar-refractivity contribution < 1.29 is 9.84 Å². The highest BCUT2D eigenvalue weighted by molar-refractivity contribution is 5.49. The van der Waals surface area contributed by atoms with E-state index in [1.54, 1.807) is 0 Å². The molecular weight excluding hydrogens is 212 g/mol. The fourth-order valence-corrected chi connectivity index (χ4v) is 2.43. The van der Waals surface area contributed by atoms with Crippen LogP contribution in [0, 0.1) is 0 Å². The van der Waals surface area contributed by atoms with Gasteiger partial charge in [-0.1, -0.05) is 42.5 Å². The van der Waals surface area contributed by atoms with Crippen LogP contribution in [-0.2, 0) is 4.74 Å². The fraction of sp³-hybridized carbons (Fsp3) is 0.467.